The van der Waals surface area contributed by atoms with Crippen molar-refractivity contribution in [3.05, 3.63) is 0 Å². The standard InChI is InChI=1S/C17H31NO3/c1-2-3-4-5-6-7-8-9-10-11-14-21-17(20)15-12-13-16(19)18-15/h15H,2-14H2,1H3,(H,18,19)/t15-/m0/s1. The first-order valence-electron chi connectivity index (χ1n) is 8.70. The smallest absolute Gasteiger partial charge is 0.328 e. The Morgan fingerprint density at radius 1 is 1.05 bits per heavy atom. The van der Waals surface area contributed by atoms with Gasteiger partial charge in [0, 0.05) is 6.42 Å². The predicted octanol–water partition coefficient (Wildman–Crippen LogP) is 3.73. The molecule has 21 heavy (non-hydrogen) atoms. The van der Waals surface area contributed by atoms with Gasteiger partial charge in [-0.25, -0.2) is 4.79 Å². The number of hydrogen-bond acceptors (Lipinski definition) is 3. The van der Waals surface area contributed by atoms with Crippen LogP contribution in [0.2, 0.25) is 0 Å². The second-order valence-electron chi connectivity index (χ2n) is 6.01. The predicted molar refractivity (Wildman–Crippen MR) is 84.0 cm³/mol. The van der Waals surface area contributed by atoms with Gasteiger partial charge in [-0.3, -0.25) is 4.79 Å². The summed E-state index contributed by atoms with van der Waals surface area (Å²) >= 11 is 0. The van der Waals surface area contributed by atoms with Crippen molar-refractivity contribution in [2.75, 3.05) is 6.61 Å². The number of amides is 1. The second kappa shape index (κ2) is 11.6. The first-order chi connectivity index (χ1) is 10.2. The molecular weight excluding hydrogens is 266 g/mol. The molecule has 0 radical (unpaired) electrons. The lowest BCUT2D eigenvalue weighted by molar-refractivity contribution is -0.146. The second-order valence-corrected chi connectivity index (χ2v) is 6.01. The first kappa shape index (κ1) is 18.0. The van der Waals surface area contributed by atoms with Gasteiger partial charge >= 0.3 is 5.97 Å². The van der Waals surface area contributed by atoms with Gasteiger partial charge < -0.3 is 10.1 Å². The SMILES string of the molecule is CCCCCCCCCCCCOC(=O)[C@@H]1CCC(=O)N1. The topological polar surface area (TPSA) is 55.4 Å². The van der Waals surface area contributed by atoms with E-state index >= 15 is 0 Å². The zero-order chi connectivity index (χ0) is 15.3. The summed E-state index contributed by atoms with van der Waals surface area (Å²) in [5.41, 5.74) is 0. The lowest BCUT2D eigenvalue weighted by Gasteiger charge is -2.09. The molecule has 4 nitrogen and oxygen atoms in total. The van der Waals surface area contributed by atoms with Crippen LogP contribution in [-0.4, -0.2) is 24.5 Å². The van der Waals surface area contributed by atoms with Crippen molar-refractivity contribution < 1.29 is 14.3 Å². The van der Waals surface area contributed by atoms with E-state index in [1.165, 1.54) is 51.4 Å². The van der Waals surface area contributed by atoms with Crippen LogP contribution in [-0.2, 0) is 14.3 Å². The highest BCUT2D eigenvalue weighted by Gasteiger charge is 2.28. The van der Waals surface area contributed by atoms with Crippen molar-refractivity contribution >= 4 is 11.9 Å². The maximum Gasteiger partial charge on any atom is 0.328 e. The van der Waals surface area contributed by atoms with Gasteiger partial charge in [-0.15, -0.1) is 0 Å². The number of esters is 1. The lowest BCUT2D eigenvalue weighted by atomic mass is 10.1. The third-order valence-electron chi connectivity index (χ3n) is 4.02. The highest BCUT2D eigenvalue weighted by Crippen LogP contribution is 2.11. The molecule has 1 atom stereocenters. The molecule has 0 aromatic carbocycles. The molecule has 0 aliphatic carbocycles. The summed E-state index contributed by atoms with van der Waals surface area (Å²) in [6.45, 7) is 2.73. The van der Waals surface area contributed by atoms with E-state index in [1.54, 1.807) is 0 Å². The number of carbonyl (C=O) groups is 2. The van der Waals surface area contributed by atoms with E-state index in [1.807, 2.05) is 0 Å². The summed E-state index contributed by atoms with van der Waals surface area (Å²) in [5.74, 6) is -0.312. The number of nitrogens with one attached hydrogen (secondary N) is 1. The molecule has 1 rings (SSSR count). The zero-order valence-electron chi connectivity index (χ0n) is 13.5. The Labute approximate surface area is 129 Å². The van der Waals surface area contributed by atoms with E-state index in [4.69, 9.17) is 4.74 Å². The molecule has 1 aliphatic heterocycles. The highest BCUT2D eigenvalue weighted by molar-refractivity contribution is 5.87. The molecule has 1 amide bonds. The van der Waals surface area contributed by atoms with Crippen LogP contribution in [0, 0.1) is 0 Å². The quantitative estimate of drug-likeness (QED) is 0.441. The summed E-state index contributed by atoms with van der Waals surface area (Å²) in [7, 11) is 0. The monoisotopic (exact) mass is 297 g/mol. The minimum absolute atomic E-state index is 0.0455. The van der Waals surface area contributed by atoms with Gasteiger partial charge in [0.15, 0.2) is 0 Å². The van der Waals surface area contributed by atoms with Crippen LogP contribution in [0.15, 0.2) is 0 Å². The van der Waals surface area contributed by atoms with Crippen molar-refractivity contribution in [3.63, 3.8) is 0 Å². The van der Waals surface area contributed by atoms with Crippen LogP contribution < -0.4 is 5.32 Å². The molecule has 1 aliphatic rings. The third kappa shape index (κ3) is 8.74. The van der Waals surface area contributed by atoms with E-state index in [0.29, 0.717) is 19.4 Å². The number of carbonyl (C=O) groups excluding carboxylic acids is 2. The molecule has 4 heteroatoms. The van der Waals surface area contributed by atoms with E-state index < -0.39 is 6.04 Å². The summed E-state index contributed by atoms with van der Waals surface area (Å²) < 4.78 is 5.19. The average Bonchev–Trinajstić information content (AvgIpc) is 2.91. The number of unbranched alkanes of at least 4 members (excludes halogenated alkanes) is 9. The van der Waals surface area contributed by atoms with E-state index in [0.717, 1.165) is 12.8 Å². The average molecular weight is 297 g/mol. The van der Waals surface area contributed by atoms with Crippen molar-refractivity contribution in [1.29, 1.82) is 0 Å². The molecular formula is C17H31NO3. The van der Waals surface area contributed by atoms with Crippen LogP contribution in [0.4, 0.5) is 0 Å². The molecule has 1 saturated heterocycles. The largest absolute Gasteiger partial charge is 0.464 e. The Kier molecular flexibility index (Phi) is 9.92. The highest BCUT2D eigenvalue weighted by atomic mass is 16.5. The first-order valence-corrected chi connectivity index (χ1v) is 8.70. The van der Waals surface area contributed by atoms with Gasteiger partial charge in [-0.1, -0.05) is 64.7 Å². The fourth-order valence-corrected chi connectivity index (χ4v) is 2.65. The fourth-order valence-electron chi connectivity index (χ4n) is 2.65. The lowest BCUT2D eigenvalue weighted by Crippen LogP contribution is -2.34. The van der Waals surface area contributed by atoms with E-state index in [9.17, 15) is 9.59 Å². The van der Waals surface area contributed by atoms with Gasteiger partial charge in [-0.2, -0.15) is 0 Å². The molecule has 1 heterocycles. The maximum atomic E-state index is 11.6. The van der Waals surface area contributed by atoms with Crippen molar-refractivity contribution in [1.82, 2.24) is 5.32 Å². The molecule has 1 fully saturated rings. The van der Waals surface area contributed by atoms with Gasteiger partial charge in [0.25, 0.3) is 0 Å². The van der Waals surface area contributed by atoms with Gasteiger partial charge in [0.2, 0.25) is 5.91 Å². The summed E-state index contributed by atoms with van der Waals surface area (Å²) in [5, 5.41) is 2.63. The number of ether oxygens (including phenoxy) is 1. The Hall–Kier alpha value is -1.06. The molecule has 1 N–H and O–H groups in total. The molecule has 0 bridgehead atoms. The minimum Gasteiger partial charge on any atom is -0.464 e. The normalized spacial score (nSPS) is 17.8. The minimum atomic E-state index is -0.402. The van der Waals surface area contributed by atoms with Crippen molar-refractivity contribution in [2.45, 2.75) is 90.0 Å². The molecule has 0 saturated carbocycles. The number of hydrogen-bond donors (Lipinski definition) is 1. The zero-order valence-corrected chi connectivity index (χ0v) is 13.5. The third-order valence-corrected chi connectivity index (χ3v) is 4.02. The van der Waals surface area contributed by atoms with Crippen molar-refractivity contribution in [3.8, 4) is 0 Å². The molecule has 0 aromatic heterocycles. The van der Waals surface area contributed by atoms with Gasteiger partial charge in [0.05, 0.1) is 6.61 Å². The maximum absolute atomic E-state index is 11.6. The molecule has 0 aromatic rings. The summed E-state index contributed by atoms with van der Waals surface area (Å²) in [6.07, 6.45) is 13.7. The number of rotatable bonds is 12. The molecule has 0 unspecified atom stereocenters. The van der Waals surface area contributed by atoms with Crippen LogP contribution in [0.3, 0.4) is 0 Å². The summed E-state index contributed by atoms with van der Waals surface area (Å²) in [6, 6.07) is -0.402. The van der Waals surface area contributed by atoms with Crippen LogP contribution in [0.25, 0.3) is 0 Å². The molecule has 122 valence electrons. The Bertz CT molecular complexity index is 304. The molecule has 0 spiro atoms. The Balaban J connectivity index is 1.82. The van der Waals surface area contributed by atoms with Crippen molar-refractivity contribution in [2.24, 2.45) is 0 Å². The Morgan fingerprint density at radius 2 is 1.62 bits per heavy atom. The van der Waals surface area contributed by atoms with E-state index in [-0.39, 0.29) is 11.9 Å². The van der Waals surface area contributed by atoms with E-state index in [2.05, 4.69) is 12.2 Å². The van der Waals surface area contributed by atoms with Crippen LogP contribution in [0.1, 0.15) is 84.0 Å². The summed E-state index contributed by atoms with van der Waals surface area (Å²) in [4.78, 5) is 22.6. The van der Waals surface area contributed by atoms with Crippen LogP contribution in [0.5, 0.6) is 0 Å². The fraction of sp³-hybridized carbons (Fsp3) is 0.882. The van der Waals surface area contributed by atoms with Crippen LogP contribution >= 0.6 is 0 Å². The Morgan fingerprint density at radius 3 is 2.14 bits per heavy atom. The van der Waals surface area contributed by atoms with Gasteiger partial charge in [0.1, 0.15) is 6.04 Å². The van der Waals surface area contributed by atoms with Gasteiger partial charge in [-0.05, 0) is 12.8 Å².